The molecule has 0 fully saturated rings. The molecule has 0 heterocycles. The van der Waals surface area contributed by atoms with Crippen LogP contribution in [0.25, 0.3) is 0 Å². The van der Waals surface area contributed by atoms with E-state index in [1.165, 1.54) is 0 Å². The Balaban J connectivity index is 2.41. The van der Waals surface area contributed by atoms with E-state index in [0.717, 1.165) is 16.7 Å². The zero-order chi connectivity index (χ0) is 9.52. The minimum absolute atomic E-state index is 0.0974. The summed E-state index contributed by atoms with van der Waals surface area (Å²) in [5, 5.41) is 11.7. The molecule has 1 aromatic rings. The molecule has 2 N–H and O–H groups in total. The first-order valence-electron chi connectivity index (χ1n) is 4.08. The highest BCUT2D eigenvalue weighted by Crippen LogP contribution is 2.15. The molecule has 1 rings (SSSR count). The normalized spacial score (nSPS) is 10.6. The van der Waals surface area contributed by atoms with E-state index in [-0.39, 0.29) is 6.61 Å². The Morgan fingerprint density at radius 1 is 1.38 bits per heavy atom. The predicted octanol–water partition coefficient (Wildman–Crippen LogP) is 2.41. The van der Waals surface area contributed by atoms with Crippen molar-refractivity contribution in [3.8, 4) is 0 Å². The highest BCUT2D eigenvalue weighted by Gasteiger charge is 1.89. The fourth-order valence-corrected chi connectivity index (χ4v) is 1.33. The van der Waals surface area contributed by atoms with Crippen molar-refractivity contribution in [1.82, 2.24) is 0 Å². The van der Waals surface area contributed by atoms with Gasteiger partial charge < -0.3 is 10.4 Å². The van der Waals surface area contributed by atoms with Gasteiger partial charge in [-0.1, -0.05) is 34.1 Å². The molecule has 13 heavy (non-hydrogen) atoms. The lowest BCUT2D eigenvalue weighted by Gasteiger charge is -2.02. The minimum atomic E-state index is 0.0974. The number of halogens is 1. The molecule has 0 atom stereocenters. The van der Waals surface area contributed by atoms with E-state index in [0.29, 0.717) is 0 Å². The second-order valence-corrected chi connectivity index (χ2v) is 3.46. The summed E-state index contributed by atoms with van der Waals surface area (Å²) in [6, 6.07) is 7.96. The van der Waals surface area contributed by atoms with E-state index in [1.807, 2.05) is 30.3 Å². The minimum Gasteiger partial charge on any atom is -0.392 e. The molecule has 0 aliphatic heterocycles. The SMILES string of the molecule is OCC=CCNc1cccc(Br)c1. The van der Waals surface area contributed by atoms with Crippen molar-refractivity contribution in [1.29, 1.82) is 0 Å². The molecule has 70 valence electrons. The van der Waals surface area contributed by atoms with Crippen LogP contribution in [0.2, 0.25) is 0 Å². The van der Waals surface area contributed by atoms with E-state index >= 15 is 0 Å². The molecule has 0 amide bonds. The first kappa shape index (κ1) is 10.3. The summed E-state index contributed by atoms with van der Waals surface area (Å²) in [6.45, 7) is 0.831. The monoisotopic (exact) mass is 241 g/mol. The third-order valence-electron chi connectivity index (χ3n) is 1.52. The third kappa shape index (κ3) is 4.10. The van der Waals surface area contributed by atoms with Gasteiger partial charge in [0.15, 0.2) is 0 Å². The van der Waals surface area contributed by atoms with Gasteiger partial charge in [-0.3, -0.25) is 0 Å². The van der Waals surface area contributed by atoms with Gasteiger partial charge in [-0.05, 0) is 18.2 Å². The van der Waals surface area contributed by atoms with Gasteiger partial charge in [0.25, 0.3) is 0 Å². The van der Waals surface area contributed by atoms with Crippen molar-refractivity contribution >= 4 is 21.6 Å². The van der Waals surface area contributed by atoms with Crippen LogP contribution in [0.4, 0.5) is 5.69 Å². The summed E-state index contributed by atoms with van der Waals surface area (Å²) < 4.78 is 1.06. The molecule has 0 saturated carbocycles. The molecule has 0 aliphatic rings. The van der Waals surface area contributed by atoms with Crippen molar-refractivity contribution in [2.75, 3.05) is 18.5 Å². The number of nitrogens with one attached hydrogen (secondary N) is 1. The van der Waals surface area contributed by atoms with Gasteiger partial charge >= 0.3 is 0 Å². The van der Waals surface area contributed by atoms with Gasteiger partial charge in [0.05, 0.1) is 6.61 Å². The average molecular weight is 242 g/mol. The van der Waals surface area contributed by atoms with Crippen LogP contribution in [-0.2, 0) is 0 Å². The number of aliphatic hydroxyl groups excluding tert-OH is 1. The Bertz CT molecular complexity index is 286. The molecular weight excluding hydrogens is 230 g/mol. The Hall–Kier alpha value is -0.800. The standard InChI is InChI=1S/C10H12BrNO/c11-9-4-3-5-10(8-9)12-6-1-2-7-13/h1-5,8,12-13H,6-7H2. The van der Waals surface area contributed by atoms with E-state index in [4.69, 9.17) is 5.11 Å². The highest BCUT2D eigenvalue weighted by atomic mass is 79.9. The van der Waals surface area contributed by atoms with Crippen LogP contribution in [0.3, 0.4) is 0 Å². The number of anilines is 1. The number of aliphatic hydroxyl groups is 1. The third-order valence-corrected chi connectivity index (χ3v) is 2.01. The predicted molar refractivity (Wildman–Crippen MR) is 58.9 cm³/mol. The molecule has 3 heteroatoms. The molecule has 0 spiro atoms. The van der Waals surface area contributed by atoms with Gasteiger partial charge in [0.2, 0.25) is 0 Å². The van der Waals surface area contributed by atoms with Crippen molar-refractivity contribution in [2.24, 2.45) is 0 Å². The lowest BCUT2D eigenvalue weighted by atomic mass is 10.3. The molecule has 0 bridgehead atoms. The van der Waals surface area contributed by atoms with Crippen LogP contribution >= 0.6 is 15.9 Å². The second kappa shape index (κ2) is 5.78. The van der Waals surface area contributed by atoms with Crippen molar-refractivity contribution < 1.29 is 5.11 Å². The molecule has 2 nitrogen and oxygen atoms in total. The summed E-state index contributed by atoms with van der Waals surface area (Å²) in [5.74, 6) is 0. The largest absolute Gasteiger partial charge is 0.392 e. The Morgan fingerprint density at radius 3 is 2.92 bits per heavy atom. The Kier molecular flexibility index (Phi) is 4.57. The van der Waals surface area contributed by atoms with Crippen molar-refractivity contribution in [2.45, 2.75) is 0 Å². The quantitative estimate of drug-likeness (QED) is 0.794. The first-order valence-corrected chi connectivity index (χ1v) is 4.87. The van der Waals surface area contributed by atoms with Gasteiger partial charge in [-0.15, -0.1) is 0 Å². The fraction of sp³-hybridized carbons (Fsp3) is 0.200. The van der Waals surface area contributed by atoms with E-state index < -0.39 is 0 Å². The first-order chi connectivity index (χ1) is 6.33. The van der Waals surface area contributed by atoms with Gasteiger partial charge in [0.1, 0.15) is 0 Å². The number of benzene rings is 1. The highest BCUT2D eigenvalue weighted by molar-refractivity contribution is 9.10. The molecular formula is C10H12BrNO. The zero-order valence-electron chi connectivity index (χ0n) is 7.20. The van der Waals surface area contributed by atoms with Crippen LogP contribution in [-0.4, -0.2) is 18.3 Å². The molecule has 0 unspecified atom stereocenters. The summed E-state index contributed by atoms with van der Waals surface area (Å²) in [7, 11) is 0. The van der Waals surface area contributed by atoms with Crippen LogP contribution in [0, 0.1) is 0 Å². The fourth-order valence-electron chi connectivity index (χ4n) is 0.933. The van der Waals surface area contributed by atoms with Gasteiger partial charge in [0, 0.05) is 16.7 Å². The molecule has 0 radical (unpaired) electrons. The number of hydrogen-bond acceptors (Lipinski definition) is 2. The van der Waals surface area contributed by atoms with Crippen LogP contribution in [0.5, 0.6) is 0 Å². The van der Waals surface area contributed by atoms with Gasteiger partial charge in [-0.25, -0.2) is 0 Å². The van der Waals surface area contributed by atoms with Crippen molar-refractivity contribution in [3.63, 3.8) is 0 Å². The summed E-state index contributed by atoms with van der Waals surface area (Å²) in [5.41, 5.74) is 1.07. The molecule has 0 aromatic heterocycles. The lowest BCUT2D eigenvalue weighted by molar-refractivity contribution is 0.342. The maximum absolute atomic E-state index is 8.49. The topological polar surface area (TPSA) is 32.3 Å². The van der Waals surface area contributed by atoms with Crippen LogP contribution < -0.4 is 5.32 Å². The van der Waals surface area contributed by atoms with E-state index in [2.05, 4.69) is 21.2 Å². The summed E-state index contributed by atoms with van der Waals surface area (Å²) in [4.78, 5) is 0. The smallest absolute Gasteiger partial charge is 0.0613 e. The summed E-state index contributed by atoms with van der Waals surface area (Å²) >= 11 is 3.39. The maximum atomic E-state index is 8.49. The molecule has 0 aliphatic carbocycles. The Labute approximate surface area is 86.4 Å². The van der Waals surface area contributed by atoms with E-state index in [1.54, 1.807) is 6.08 Å². The maximum Gasteiger partial charge on any atom is 0.0613 e. The summed E-state index contributed by atoms with van der Waals surface area (Å²) in [6.07, 6.45) is 3.60. The van der Waals surface area contributed by atoms with E-state index in [9.17, 15) is 0 Å². The van der Waals surface area contributed by atoms with Crippen LogP contribution in [0.1, 0.15) is 0 Å². The zero-order valence-corrected chi connectivity index (χ0v) is 8.79. The molecule has 0 saturated heterocycles. The van der Waals surface area contributed by atoms with Crippen LogP contribution in [0.15, 0.2) is 40.9 Å². The second-order valence-electron chi connectivity index (χ2n) is 2.55. The average Bonchev–Trinajstić information content (AvgIpc) is 2.13. The van der Waals surface area contributed by atoms with Crippen molar-refractivity contribution in [3.05, 3.63) is 40.9 Å². The lowest BCUT2D eigenvalue weighted by Crippen LogP contribution is -1.97. The number of hydrogen-bond donors (Lipinski definition) is 2. The van der Waals surface area contributed by atoms with Gasteiger partial charge in [-0.2, -0.15) is 0 Å². The Morgan fingerprint density at radius 2 is 2.23 bits per heavy atom. The number of rotatable bonds is 4. The molecule has 1 aromatic carbocycles.